The van der Waals surface area contributed by atoms with E-state index in [1.807, 2.05) is 13.8 Å². The molecule has 1 atom stereocenters. The Morgan fingerprint density at radius 3 is 1.90 bits per heavy atom. The zero-order chi connectivity index (χ0) is 15.0. The molecule has 0 heterocycles. The topological polar surface area (TPSA) is 0 Å². The van der Waals surface area contributed by atoms with Gasteiger partial charge in [0.1, 0.15) is 0 Å². The number of hydrogen-bond acceptors (Lipinski definition) is 0. The van der Waals surface area contributed by atoms with E-state index >= 15 is 0 Å². The minimum atomic E-state index is -4.43. The smallest absolute Gasteiger partial charge is 0.169 e. The summed E-state index contributed by atoms with van der Waals surface area (Å²) in [6.07, 6.45) is -4.43. The van der Waals surface area contributed by atoms with Crippen LogP contribution < -0.4 is 0 Å². The zero-order valence-corrected chi connectivity index (χ0v) is 12.7. The molecule has 0 fully saturated rings. The van der Waals surface area contributed by atoms with Crippen molar-refractivity contribution in [1.82, 2.24) is 0 Å². The Balaban J connectivity index is 2.68. The van der Waals surface area contributed by atoms with Crippen molar-refractivity contribution in [3.63, 3.8) is 0 Å². The molecule has 2 aromatic carbocycles. The largest absolute Gasteiger partial charge is 0.411 e. The Bertz CT molecular complexity index is 605. The molecule has 1 unspecified atom stereocenters. The summed E-state index contributed by atoms with van der Waals surface area (Å²) in [4.78, 5) is 0. The normalized spacial score (nSPS) is 14.9. The monoisotopic (exact) mass is 342 g/mol. The van der Waals surface area contributed by atoms with Gasteiger partial charge in [-0.05, 0) is 36.1 Å². The molecule has 0 N–H and O–H groups in total. The molecule has 0 radical (unpaired) electrons. The highest BCUT2D eigenvalue weighted by molar-refractivity contribution is 9.09. The first-order chi connectivity index (χ1) is 9.26. The molecule has 0 aromatic heterocycles. The summed E-state index contributed by atoms with van der Waals surface area (Å²) < 4.78 is 38.8. The van der Waals surface area contributed by atoms with E-state index in [4.69, 9.17) is 0 Å². The molecular weight excluding hydrogens is 329 g/mol. The molecule has 0 spiro atoms. The maximum absolute atomic E-state index is 13.7. The Morgan fingerprint density at radius 1 is 0.800 bits per heavy atom. The third-order valence-electron chi connectivity index (χ3n) is 3.47. The average Bonchev–Trinajstić information content (AvgIpc) is 2.40. The molecule has 0 saturated heterocycles. The van der Waals surface area contributed by atoms with Crippen molar-refractivity contribution < 1.29 is 13.2 Å². The van der Waals surface area contributed by atoms with Crippen LogP contribution in [0.3, 0.4) is 0 Å². The molecule has 2 aromatic rings. The SMILES string of the molecule is Cc1ccc(C(Br)(c2ccccc2)C(F)(F)F)cc1C. The van der Waals surface area contributed by atoms with Gasteiger partial charge in [0, 0.05) is 0 Å². The standard InChI is InChI=1S/C16H14BrF3/c1-11-8-9-14(10-12(11)2)15(17,16(18,19)20)13-6-4-3-5-7-13/h3-10H,1-2H3. The molecule has 0 bridgehead atoms. The molecule has 0 aliphatic rings. The number of aryl methyl sites for hydroxylation is 2. The van der Waals surface area contributed by atoms with Crippen molar-refractivity contribution in [2.24, 2.45) is 0 Å². The number of hydrogen-bond donors (Lipinski definition) is 0. The molecule has 0 amide bonds. The van der Waals surface area contributed by atoms with Gasteiger partial charge in [-0.25, -0.2) is 0 Å². The lowest BCUT2D eigenvalue weighted by atomic mass is 9.88. The van der Waals surface area contributed by atoms with Crippen molar-refractivity contribution in [3.8, 4) is 0 Å². The molecule has 2 rings (SSSR count). The minimum absolute atomic E-state index is 0.177. The predicted octanol–water partition coefficient (Wildman–Crippen LogP) is 5.50. The maximum Gasteiger partial charge on any atom is 0.411 e. The fourth-order valence-electron chi connectivity index (χ4n) is 2.12. The van der Waals surface area contributed by atoms with Crippen LogP contribution in [0.4, 0.5) is 13.2 Å². The van der Waals surface area contributed by atoms with E-state index in [2.05, 4.69) is 15.9 Å². The van der Waals surface area contributed by atoms with Crippen LogP contribution in [0.2, 0.25) is 0 Å². The van der Waals surface area contributed by atoms with Gasteiger partial charge in [-0.3, -0.25) is 0 Å². The molecular formula is C16H14BrF3. The third-order valence-corrected chi connectivity index (χ3v) is 4.83. The molecule has 4 heteroatoms. The second-order valence-corrected chi connectivity index (χ2v) is 6.01. The van der Waals surface area contributed by atoms with Crippen LogP contribution in [0.1, 0.15) is 22.3 Å². The number of rotatable bonds is 2. The summed E-state index contributed by atoms with van der Waals surface area (Å²) in [5.41, 5.74) is 2.18. The van der Waals surface area contributed by atoms with Gasteiger partial charge in [0.05, 0.1) is 0 Å². The van der Waals surface area contributed by atoms with Gasteiger partial charge in [0.2, 0.25) is 0 Å². The first kappa shape index (κ1) is 15.1. The number of benzene rings is 2. The Hall–Kier alpha value is -1.29. The lowest BCUT2D eigenvalue weighted by Gasteiger charge is -2.31. The lowest BCUT2D eigenvalue weighted by Crippen LogP contribution is -2.37. The van der Waals surface area contributed by atoms with Crippen LogP contribution in [0.15, 0.2) is 48.5 Å². The Labute approximate surface area is 124 Å². The van der Waals surface area contributed by atoms with E-state index in [1.165, 1.54) is 18.2 Å². The summed E-state index contributed by atoms with van der Waals surface area (Å²) in [5, 5.41) is 0. The molecule has 0 aliphatic carbocycles. The lowest BCUT2D eigenvalue weighted by molar-refractivity contribution is -0.149. The second-order valence-electron chi connectivity index (χ2n) is 4.82. The van der Waals surface area contributed by atoms with Crippen molar-refractivity contribution in [3.05, 3.63) is 70.8 Å². The first-order valence-electron chi connectivity index (χ1n) is 6.15. The highest BCUT2D eigenvalue weighted by Gasteiger charge is 2.55. The average molecular weight is 343 g/mol. The summed E-state index contributed by atoms with van der Waals surface area (Å²) in [5.74, 6) is 0. The Morgan fingerprint density at radius 2 is 1.40 bits per heavy atom. The van der Waals surface area contributed by atoms with E-state index in [0.29, 0.717) is 0 Å². The van der Waals surface area contributed by atoms with Crippen LogP contribution in [0.5, 0.6) is 0 Å². The second kappa shape index (κ2) is 5.24. The van der Waals surface area contributed by atoms with Gasteiger partial charge < -0.3 is 0 Å². The van der Waals surface area contributed by atoms with Crippen molar-refractivity contribution in [2.45, 2.75) is 24.3 Å². The van der Waals surface area contributed by atoms with Crippen LogP contribution in [0.25, 0.3) is 0 Å². The van der Waals surface area contributed by atoms with Gasteiger partial charge in [-0.1, -0.05) is 64.5 Å². The van der Waals surface area contributed by atoms with E-state index in [-0.39, 0.29) is 11.1 Å². The van der Waals surface area contributed by atoms with E-state index in [0.717, 1.165) is 11.1 Å². The molecule has 20 heavy (non-hydrogen) atoms. The van der Waals surface area contributed by atoms with Crippen LogP contribution in [-0.2, 0) is 4.32 Å². The quantitative estimate of drug-likeness (QED) is 0.631. The highest BCUT2D eigenvalue weighted by Crippen LogP contribution is 2.51. The van der Waals surface area contributed by atoms with Crippen molar-refractivity contribution >= 4 is 15.9 Å². The van der Waals surface area contributed by atoms with Crippen LogP contribution in [0, 0.1) is 13.8 Å². The van der Waals surface area contributed by atoms with Gasteiger partial charge >= 0.3 is 6.18 Å². The number of alkyl halides is 4. The van der Waals surface area contributed by atoms with Crippen molar-refractivity contribution in [2.75, 3.05) is 0 Å². The summed E-state index contributed by atoms with van der Waals surface area (Å²) in [6.45, 7) is 3.69. The molecule has 0 saturated carbocycles. The number of halogens is 4. The van der Waals surface area contributed by atoms with E-state index in [1.54, 1.807) is 30.3 Å². The highest BCUT2D eigenvalue weighted by atomic mass is 79.9. The molecule has 0 nitrogen and oxygen atoms in total. The molecule has 106 valence electrons. The zero-order valence-electron chi connectivity index (χ0n) is 11.1. The fraction of sp³-hybridized carbons (Fsp3) is 0.250. The van der Waals surface area contributed by atoms with Crippen LogP contribution >= 0.6 is 15.9 Å². The maximum atomic E-state index is 13.7. The van der Waals surface area contributed by atoms with Gasteiger partial charge in [0.25, 0.3) is 0 Å². The minimum Gasteiger partial charge on any atom is -0.169 e. The van der Waals surface area contributed by atoms with E-state index in [9.17, 15) is 13.2 Å². The third kappa shape index (κ3) is 2.49. The van der Waals surface area contributed by atoms with E-state index < -0.39 is 10.5 Å². The Kier molecular flexibility index (Phi) is 3.96. The van der Waals surface area contributed by atoms with Gasteiger partial charge in [-0.15, -0.1) is 0 Å². The van der Waals surface area contributed by atoms with Crippen LogP contribution in [-0.4, -0.2) is 6.18 Å². The fourth-order valence-corrected chi connectivity index (χ4v) is 2.63. The van der Waals surface area contributed by atoms with Crippen molar-refractivity contribution in [1.29, 1.82) is 0 Å². The van der Waals surface area contributed by atoms with Gasteiger partial charge in [0.15, 0.2) is 4.32 Å². The first-order valence-corrected chi connectivity index (χ1v) is 6.95. The summed E-state index contributed by atoms with van der Waals surface area (Å²) in [6, 6.07) is 12.7. The van der Waals surface area contributed by atoms with Gasteiger partial charge in [-0.2, -0.15) is 13.2 Å². The summed E-state index contributed by atoms with van der Waals surface area (Å²) >= 11 is 2.96. The molecule has 0 aliphatic heterocycles. The summed E-state index contributed by atoms with van der Waals surface area (Å²) in [7, 11) is 0. The predicted molar refractivity (Wildman–Crippen MR) is 78.1 cm³/mol.